The first kappa shape index (κ1) is 16.2. The molecule has 2 aromatic rings. The van der Waals surface area contributed by atoms with Crippen LogP contribution in [0.2, 0.25) is 5.02 Å². The highest BCUT2D eigenvalue weighted by Crippen LogP contribution is 2.29. The number of nitrogens with one attached hydrogen (secondary N) is 2. The first-order valence-corrected chi connectivity index (χ1v) is 6.69. The smallest absolute Gasteiger partial charge is 0.376 e. The lowest BCUT2D eigenvalue weighted by atomic mass is 10.2. The maximum Gasteiger partial charge on any atom is 0.416 e. The predicted octanol–water partition coefficient (Wildman–Crippen LogP) is 4.41. The zero-order valence-electron chi connectivity index (χ0n) is 11.2. The average Bonchev–Trinajstić information content (AvgIpc) is 2.47. The van der Waals surface area contributed by atoms with Crippen molar-refractivity contribution < 1.29 is 18.0 Å². The van der Waals surface area contributed by atoms with E-state index in [0.29, 0.717) is 16.4 Å². The average molecular weight is 329 g/mol. The van der Waals surface area contributed by atoms with Crippen molar-refractivity contribution in [1.29, 1.82) is 0 Å². The van der Waals surface area contributed by atoms with Crippen LogP contribution in [-0.2, 0) is 11.0 Å². The first-order valence-electron chi connectivity index (χ1n) is 6.32. The summed E-state index contributed by atoms with van der Waals surface area (Å²) in [6.45, 7) is -0.0867. The lowest BCUT2D eigenvalue weighted by Crippen LogP contribution is -2.21. The van der Waals surface area contributed by atoms with Crippen LogP contribution in [0.4, 0.5) is 24.5 Å². The predicted molar refractivity (Wildman–Crippen MR) is 80.0 cm³/mol. The standard InChI is InChI=1S/C15H12ClF3N2O/c16-12-3-1-2-4-13(12)21-14(22)9-20-11-7-5-10(6-8-11)15(17,18)19/h1-8,20H,9H2,(H,21,22). The van der Waals surface area contributed by atoms with E-state index in [-0.39, 0.29) is 12.5 Å². The summed E-state index contributed by atoms with van der Waals surface area (Å²) in [5.74, 6) is -0.354. The normalized spacial score (nSPS) is 11.1. The number of benzene rings is 2. The molecule has 22 heavy (non-hydrogen) atoms. The molecule has 0 heterocycles. The lowest BCUT2D eigenvalue weighted by molar-refractivity contribution is -0.137. The molecule has 2 aromatic carbocycles. The molecule has 116 valence electrons. The van der Waals surface area contributed by atoms with Crippen molar-refractivity contribution in [1.82, 2.24) is 0 Å². The third kappa shape index (κ3) is 4.39. The van der Waals surface area contributed by atoms with Crippen LogP contribution in [0.5, 0.6) is 0 Å². The van der Waals surface area contributed by atoms with Crippen molar-refractivity contribution in [3.63, 3.8) is 0 Å². The van der Waals surface area contributed by atoms with Gasteiger partial charge in [-0.05, 0) is 36.4 Å². The fourth-order valence-corrected chi connectivity index (χ4v) is 1.90. The molecule has 0 spiro atoms. The molecule has 0 atom stereocenters. The highest BCUT2D eigenvalue weighted by Gasteiger charge is 2.29. The van der Waals surface area contributed by atoms with Gasteiger partial charge in [-0.25, -0.2) is 0 Å². The number of para-hydroxylation sites is 1. The van der Waals surface area contributed by atoms with Gasteiger partial charge in [0.25, 0.3) is 0 Å². The zero-order valence-corrected chi connectivity index (χ0v) is 12.0. The van der Waals surface area contributed by atoms with Crippen LogP contribution in [0.15, 0.2) is 48.5 Å². The molecule has 0 aliphatic heterocycles. The van der Waals surface area contributed by atoms with E-state index < -0.39 is 11.7 Å². The molecule has 1 amide bonds. The van der Waals surface area contributed by atoms with E-state index in [9.17, 15) is 18.0 Å². The highest BCUT2D eigenvalue weighted by molar-refractivity contribution is 6.33. The number of alkyl halides is 3. The Morgan fingerprint density at radius 3 is 2.27 bits per heavy atom. The summed E-state index contributed by atoms with van der Waals surface area (Å²) in [4.78, 5) is 11.8. The zero-order chi connectivity index (χ0) is 16.2. The molecule has 0 bridgehead atoms. The second kappa shape index (κ2) is 6.70. The minimum absolute atomic E-state index is 0.0867. The minimum atomic E-state index is -4.38. The maximum atomic E-state index is 12.4. The molecule has 2 rings (SSSR count). The SMILES string of the molecule is O=C(CNc1ccc(C(F)(F)F)cc1)Nc1ccccc1Cl. The Hall–Kier alpha value is -2.21. The Morgan fingerprint density at radius 1 is 1.05 bits per heavy atom. The van der Waals surface area contributed by atoms with Crippen molar-refractivity contribution in [3.05, 3.63) is 59.1 Å². The van der Waals surface area contributed by atoms with Gasteiger partial charge >= 0.3 is 6.18 Å². The van der Waals surface area contributed by atoms with Gasteiger partial charge in [-0.2, -0.15) is 13.2 Å². The topological polar surface area (TPSA) is 41.1 Å². The van der Waals surface area contributed by atoms with Crippen LogP contribution in [0, 0.1) is 0 Å². The lowest BCUT2D eigenvalue weighted by Gasteiger charge is -2.10. The highest BCUT2D eigenvalue weighted by atomic mass is 35.5. The minimum Gasteiger partial charge on any atom is -0.376 e. The number of anilines is 2. The van der Waals surface area contributed by atoms with Crippen molar-refractivity contribution >= 4 is 28.9 Å². The summed E-state index contributed by atoms with van der Waals surface area (Å²) < 4.78 is 37.3. The van der Waals surface area contributed by atoms with Gasteiger partial charge in [0.1, 0.15) is 0 Å². The number of rotatable bonds is 4. The van der Waals surface area contributed by atoms with Crippen molar-refractivity contribution in [2.75, 3.05) is 17.2 Å². The first-order chi connectivity index (χ1) is 10.4. The molecule has 0 aromatic heterocycles. The largest absolute Gasteiger partial charge is 0.416 e. The summed E-state index contributed by atoms with van der Waals surface area (Å²) in [5.41, 5.74) is 0.157. The summed E-state index contributed by atoms with van der Waals surface area (Å²) in [7, 11) is 0. The molecule has 0 unspecified atom stereocenters. The van der Waals surface area contributed by atoms with Gasteiger partial charge in [0.15, 0.2) is 0 Å². The molecular weight excluding hydrogens is 317 g/mol. The van der Waals surface area contributed by atoms with Gasteiger partial charge < -0.3 is 10.6 Å². The van der Waals surface area contributed by atoms with Gasteiger partial charge in [-0.1, -0.05) is 23.7 Å². The van der Waals surface area contributed by atoms with Gasteiger partial charge in [-0.3, -0.25) is 4.79 Å². The molecule has 0 aliphatic rings. The molecule has 0 fully saturated rings. The van der Waals surface area contributed by atoms with Crippen molar-refractivity contribution in [2.45, 2.75) is 6.18 Å². The van der Waals surface area contributed by atoms with E-state index in [4.69, 9.17) is 11.6 Å². The van der Waals surface area contributed by atoms with Crippen LogP contribution in [0.25, 0.3) is 0 Å². The fraction of sp³-hybridized carbons (Fsp3) is 0.133. The third-order valence-corrected chi connectivity index (χ3v) is 3.14. The van der Waals surface area contributed by atoms with Crippen molar-refractivity contribution in [2.24, 2.45) is 0 Å². The van der Waals surface area contributed by atoms with E-state index in [1.807, 2.05) is 0 Å². The van der Waals surface area contributed by atoms with Gasteiger partial charge in [-0.15, -0.1) is 0 Å². The van der Waals surface area contributed by atoms with E-state index in [0.717, 1.165) is 12.1 Å². The Labute approximate surface area is 130 Å². The monoisotopic (exact) mass is 328 g/mol. The Morgan fingerprint density at radius 2 is 1.68 bits per heavy atom. The molecule has 7 heteroatoms. The van der Waals surface area contributed by atoms with Gasteiger partial charge in [0, 0.05) is 5.69 Å². The number of carbonyl (C=O) groups is 1. The molecular formula is C15H12ClF3N2O. The molecule has 0 radical (unpaired) electrons. The molecule has 0 saturated heterocycles. The molecule has 0 aliphatic carbocycles. The summed E-state index contributed by atoms with van der Waals surface area (Å²) >= 11 is 5.90. The van der Waals surface area contributed by atoms with Crippen molar-refractivity contribution in [3.8, 4) is 0 Å². The number of halogens is 4. The van der Waals surface area contributed by atoms with Gasteiger partial charge in [0.2, 0.25) is 5.91 Å². The number of hydrogen-bond donors (Lipinski definition) is 2. The van der Waals surface area contributed by atoms with E-state index in [1.165, 1.54) is 12.1 Å². The number of carbonyl (C=O) groups excluding carboxylic acids is 1. The van der Waals surface area contributed by atoms with Crippen LogP contribution in [-0.4, -0.2) is 12.5 Å². The van der Waals surface area contributed by atoms with Crippen LogP contribution < -0.4 is 10.6 Å². The molecule has 2 N–H and O–H groups in total. The Kier molecular flexibility index (Phi) is 4.92. The summed E-state index contributed by atoms with van der Waals surface area (Å²) in [6.07, 6.45) is -4.38. The van der Waals surface area contributed by atoms with Crippen LogP contribution >= 0.6 is 11.6 Å². The van der Waals surface area contributed by atoms with Crippen LogP contribution in [0.1, 0.15) is 5.56 Å². The second-order valence-corrected chi connectivity index (χ2v) is 4.86. The Bertz CT molecular complexity index is 657. The third-order valence-electron chi connectivity index (χ3n) is 2.81. The van der Waals surface area contributed by atoms with Crippen LogP contribution in [0.3, 0.4) is 0 Å². The number of amides is 1. The Balaban J connectivity index is 1.90. The molecule has 0 saturated carbocycles. The maximum absolute atomic E-state index is 12.4. The fourth-order valence-electron chi connectivity index (χ4n) is 1.72. The van der Waals surface area contributed by atoms with E-state index >= 15 is 0 Å². The van der Waals surface area contributed by atoms with Gasteiger partial charge in [0.05, 0.1) is 22.8 Å². The van der Waals surface area contributed by atoms with E-state index in [2.05, 4.69) is 10.6 Å². The quantitative estimate of drug-likeness (QED) is 0.873. The summed E-state index contributed by atoms with van der Waals surface area (Å²) in [6, 6.07) is 11.2. The number of hydrogen-bond acceptors (Lipinski definition) is 2. The molecule has 3 nitrogen and oxygen atoms in total. The second-order valence-electron chi connectivity index (χ2n) is 4.46. The summed E-state index contributed by atoms with van der Waals surface area (Å²) in [5, 5.41) is 5.75. The van der Waals surface area contributed by atoms with E-state index in [1.54, 1.807) is 24.3 Å².